The zero-order valence-electron chi connectivity index (χ0n) is 24.0. The maximum atomic E-state index is 9.78. The Morgan fingerprint density at radius 3 is 1.77 bits per heavy atom. The molecule has 0 bridgehead atoms. The molecule has 0 aliphatic heterocycles. The fourth-order valence-corrected chi connectivity index (χ4v) is 5.91. The second-order valence-electron chi connectivity index (χ2n) is 10.6. The third-order valence-electron chi connectivity index (χ3n) is 8.01. The summed E-state index contributed by atoms with van der Waals surface area (Å²) < 4.78 is 1.94. The Kier molecular flexibility index (Phi) is 7.36. The molecule has 214 valence electrons. The number of nitrogens with zero attached hydrogens (tertiary/aromatic N) is 6. The van der Waals surface area contributed by atoms with Gasteiger partial charge in [0.2, 0.25) is 5.82 Å². The van der Waals surface area contributed by atoms with E-state index in [0.717, 1.165) is 44.6 Å². The minimum absolute atomic E-state index is 0.0780. The number of benzene rings is 5. The smallest absolute Gasteiger partial charge is 0.205 e. The molecule has 7 rings (SSSR count). The topological polar surface area (TPSA) is 81.7 Å². The van der Waals surface area contributed by atoms with Crippen LogP contribution in [-0.4, -0.2) is 34.9 Å². The molecule has 1 N–H and O–H groups in total. The van der Waals surface area contributed by atoms with E-state index in [1.165, 1.54) is 0 Å². The normalized spacial score (nSPS) is 11.5. The van der Waals surface area contributed by atoms with E-state index < -0.39 is 5.54 Å². The van der Waals surface area contributed by atoms with Crippen LogP contribution in [0.25, 0.3) is 22.5 Å². The highest BCUT2D eigenvalue weighted by molar-refractivity contribution is 5.81. The van der Waals surface area contributed by atoms with Gasteiger partial charge in [-0.1, -0.05) is 133 Å². The average molecular weight is 575 g/mol. The summed E-state index contributed by atoms with van der Waals surface area (Å²) in [5.41, 5.74) is 6.92. The van der Waals surface area contributed by atoms with Gasteiger partial charge in [0.1, 0.15) is 0 Å². The number of rotatable bonds is 9. The van der Waals surface area contributed by atoms with Crippen LogP contribution < -0.4 is 0 Å². The summed E-state index contributed by atoms with van der Waals surface area (Å²) in [5.74, 6) is 0.519. The molecule has 5 aromatic carbocycles. The fourth-order valence-electron chi connectivity index (χ4n) is 5.91. The summed E-state index contributed by atoms with van der Waals surface area (Å²) in [6, 6.07) is 47.6. The van der Waals surface area contributed by atoms with Gasteiger partial charge in [-0.05, 0) is 44.7 Å². The number of hydrogen-bond acceptors (Lipinski definition) is 5. The number of aliphatic hydroxyl groups excluding tert-OH is 1. The molecular formula is C37H30N6O. The van der Waals surface area contributed by atoms with Crippen LogP contribution in [0.3, 0.4) is 0 Å². The van der Waals surface area contributed by atoms with Crippen molar-refractivity contribution in [3.8, 4) is 22.5 Å². The van der Waals surface area contributed by atoms with Crippen LogP contribution in [0.4, 0.5) is 0 Å². The van der Waals surface area contributed by atoms with E-state index >= 15 is 0 Å². The lowest BCUT2D eigenvalue weighted by atomic mass is 9.77. The summed E-state index contributed by atoms with van der Waals surface area (Å²) in [6.45, 7) is 0.472. The predicted molar refractivity (Wildman–Crippen MR) is 171 cm³/mol. The van der Waals surface area contributed by atoms with Crippen LogP contribution in [0, 0.1) is 0 Å². The predicted octanol–water partition coefficient (Wildman–Crippen LogP) is 6.58. The zero-order valence-corrected chi connectivity index (χ0v) is 24.0. The van der Waals surface area contributed by atoms with Gasteiger partial charge in [0.15, 0.2) is 5.54 Å². The molecule has 0 spiro atoms. The Morgan fingerprint density at radius 2 is 1.20 bits per heavy atom. The Labute approximate surface area is 255 Å². The lowest BCUT2D eigenvalue weighted by Gasteiger charge is -2.34. The SMILES string of the molecule is OCc1cncn1Cc1ccc(-c2ccccc2)c(-c2nnn(C(c3ccccc3)(c3ccccc3)c3ccccc3)n2)c1. The van der Waals surface area contributed by atoms with E-state index in [2.05, 4.69) is 71.7 Å². The number of imidazole rings is 1. The maximum Gasteiger partial charge on any atom is 0.205 e. The molecule has 2 heterocycles. The average Bonchev–Trinajstić information content (AvgIpc) is 3.77. The highest BCUT2D eigenvalue weighted by Gasteiger charge is 2.41. The quantitative estimate of drug-likeness (QED) is 0.197. The first kappa shape index (κ1) is 27.2. The zero-order chi connectivity index (χ0) is 29.8. The van der Waals surface area contributed by atoms with E-state index in [9.17, 15) is 5.11 Å². The van der Waals surface area contributed by atoms with Crippen LogP contribution in [0.1, 0.15) is 27.9 Å². The van der Waals surface area contributed by atoms with Crippen LogP contribution >= 0.6 is 0 Å². The van der Waals surface area contributed by atoms with E-state index in [1.54, 1.807) is 17.3 Å². The molecule has 0 radical (unpaired) electrons. The second-order valence-corrected chi connectivity index (χ2v) is 10.6. The summed E-state index contributed by atoms with van der Waals surface area (Å²) in [4.78, 5) is 5.97. The lowest BCUT2D eigenvalue weighted by molar-refractivity contribution is 0.271. The summed E-state index contributed by atoms with van der Waals surface area (Å²) in [5, 5.41) is 24.5. The third kappa shape index (κ3) is 4.89. The Balaban J connectivity index is 1.44. The summed E-state index contributed by atoms with van der Waals surface area (Å²) >= 11 is 0. The van der Waals surface area contributed by atoms with Crippen molar-refractivity contribution in [1.82, 2.24) is 29.8 Å². The summed E-state index contributed by atoms with van der Waals surface area (Å²) in [7, 11) is 0. The number of aromatic nitrogens is 6. The van der Waals surface area contributed by atoms with Gasteiger partial charge in [-0.3, -0.25) is 0 Å². The molecule has 0 atom stereocenters. The Hall–Kier alpha value is -5.66. The van der Waals surface area contributed by atoms with Crippen molar-refractivity contribution in [1.29, 1.82) is 0 Å². The molecule has 7 nitrogen and oxygen atoms in total. The minimum atomic E-state index is -0.869. The lowest BCUT2D eigenvalue weighted by Crippen LogP contribution is -2.39. The van der Waals surface area contributed by atoms with Crippen molar-refractivity contribution in [3.63, 3.8) is 0 Å². The highest BCUT2D eigenvalue weighted by atomic mass is 16.3. The van der Waals surface area contributed by atoms with Gasteiger partial charge in [0.25, 0.3) is 0 Å². The van der Waals surface area contributed by atoms with Crippen molar-refractivity contribution >= 4 is 0 Å². The monoisotopic (exact) mass is 574 g/mol. The molecule has 0 aliphatic carbocycles. The van der Waals surface area contributed by atoms with Gasteiger partial charge < -0.3 is 9.67 Å². The highest BCUT2D eigenvalue weighted by Crippen LogP contribution is 2.40. The van der Waals surface area contributed by atoms with Gasteiger partial charge in [-0.15, -0.1) is 15.0 Å². The molecular weight excluding hydrogens is 544 g/mol. The first-order valence-electron chi connectivity index (χ1n) is 14.5. The second kappa shape index (κ2) is 11.9. The largest absolute Gasteiger partial charge is 0.390 e. The van der Waals surface area contributed by atoms with Crippen molar-refractivity contribution < 1.29 is 5.11 Å². The first-order chi connectivity index (χ1) is 21.8. The Bertz CT molecular complexity index is 1870. The van der Waals surface area contributed by atoms with Crippen molar-refractivity contribution in [2.45, 2.75) is 18.7 Å². The van der Waals surface area contributed by atoms with Gasteiger partial charge in [0.05, 0.1) is 24.8 Å². The van der Waals surface area contributed by atoms with Gasteiger partial charge in [-0.2, -0.15) is 0 Å². The first-order valence-corrected chi connectivity index (χ1v) is 14.5. The van der Waals surface area contributed by atoms with Crippen molar-refractivity contribution in [2.75, 3.05) is 0 Å². The van der Waals surface area contributed by atoms with Crippen LogP contribution in [0.15, 0.2) is 152 Å². The van der Waals surface area contributed by atoms with Crippen LogP contribution in [0.2, 0.25) is 0 Å². The number of tetrazole rings is 1. The molecule has 0 fully saturated rings. The third-order valence-corrected chi connectivity index (χ3v) is 8.01. The van der Waals surface area contributed by atoms with E-state index in [-0.39, 0.29) is 6.61 Å². The molecule has 44 heavy (non-hydrogen) atoms. The Morgan fingerprint density at radius 1 is 0.636 bits per heavy atom. The standard InChI is InChI=1S/C37H30N6O/c44-26-33-24-38-27-42(33)25-28-21-22-34(29-13-5-1-6-14-29)35(23-28)36-39-41-43(40-36)37(30-15-7-2-8-16-30,31-17-9-3-10-18-31)32-19-11-4-12-20-32/h1-24,27,44H,25-26H2. The van der Waals surface area contributed by atoms with Gasteiger partial charge in [0, 0.05) is 12.1 Å². The maximum absolute atomic E-state index is 9.78. The summed E-state index contributed by atoms with van der Waals surface area (Å²) in [6.07, 6.45) is 3.42. The van der Waals surface area contributed by atoms with Crippen molar-refractivity contribution in [2.24, 2.45) is 0 Å². The molecule has 0 saturated heterocycles. The minimum Gasteiger partial charge on any atom is -0.390 e. The molecule has 0 saturated carbocycles. The van der Waals surface area contributed by atoms with E-state index in [1.807, 2.05) is 77.4 Å². The molecule has 0 unspecified atom stereocenters. The number of aliphatic hydroxyl groups is 1. The van der Waals surface area contributed by atoms with Crippen LogP contribution in [0.5, 0.6) is 0 Å². The molecule has 7 heteroatoms. The molecule has 7 aromatic rings. The number of hydrogen-bond donors (Lipinski definition) is 1. The molecule has 0 aliphatic rings. The van der Waals surface area contributed by atoms with Crippen molar-refractivity contribution in [3.05, 3.63) is 180 Å². The molecule has 2 aromatic heterocycles. The van der Waals surface area contributed by atoms with E-state index in [0.29, 0.717) is 12.4 Å². The van der Waals surface area contributed by atoms with E-state index in [4.69, 9.17) is 15.4 Å². The van der Waals surface area contributed by atoms with Gasteiger partial charge >= 0.3 is 0 Å². The van der Waals surface area contributed by atoms with Gasteiger partial charge in [-0.25, -0.2) is 4.98 Å². The fraction of sp³-hybridized carbons (Fsp3) is 0.0811. The van der Waals surface area contributed by atoms with Crippen LogP contribution in [-0.2, 0) is 18.7 Å². The molecule has 0 amide bonds.